The molecular formula is C25H23Br2N7O2. The van der Waals surface area contributed by atoms with E-state index in [1.54, 1.807) is 17.0 Å². The number of aromatic nitrogens is 4. The zero-order valence-electron chi connectivity index (χ0n) is 19.4. The van der Waals surface area contributed by atoms with Gasteiger partial charge in [0.1, 0.15) is 40.8 Å². The van der Waals surface area contributed by atoms with E-state index in [1.807, 2.05) is 29.7 Å². The lowest BCUT2D eigenvalue weighted by atomic mass is 9.80. The van der Waals surface area contributed by atoms with Crippen LogP contribution in [0.2, 0.25) is 0 Å². The minimum atomic E-state index is -0.542. The topological polar surface area (TPSA) is 119 Å². The highest BCUT2D eigenvalue weighted by atomic mass is 79.9. The third-order valence-electron chi connectivity index (χ3n) is 7.40. The molecule has 2 fully saturated rings. The van der Waals surface area contributed by atoms with Gasteiger partial charge in [0.25, 0.3) is 0 Å². The van der Waals surface area contributed by atoms with E-state index in [9.17, 15) is 9.59 Å². The van der Waals surface area contributed by atoms with Crippen molar-refractivity contribution in [1.29, 1.82) is 0 Å². The first-order chi connectivity index (χ1) is 17.3. The Morgan fingerprint density at radius 1 is 1.19 bits per heavy atom. The van der Waals surface area contributed by atoms with Gasteiger partial charge in [-0.2, -0.15) is 0 Å². The van der Waals surface area contributed by atoms with Gasteiger partial charge in [-0.15, -0.1) is 0 Å². The number of hydrogen-bond donors (Lipinski definition) is 2. The summed E-state index contributed by atoms with van der Waals surface area (Å²) in [6.45, 7) is 2.05. The number of aryl methyl sites for hydroxylation is 1. The molecule has 1 saturated carbocycles. The number of benzene rings is 1. The van der Waals surface area contributed by atoms with Gasteiger partial charge in [0, 0.05) is 15.9 Å². The van der Waals surface area contributed by atoms with Crippen LogP contribution >= 0.6 is 31.9 Å². The molecular weight excluding hydrogens is 590 g/mol. The number of likely N-dealkylation sites (tertiary alicyclic amines) is 1. The minimum Gasteiger partial charge on any atom is -0.383 e. The number of carbonyl (C=O) groups excluding carboxylic acids is 2. The molecule has 0 spiro atoms. The van der Waals surface area contributed by atoms with Crippen molar-refractivity contribution >= 4 is 77.2 Å². The van der Waals surface area contributed by atoms with Gasteiger partial charge in [-0.25, -0.2) is 15.0 Å². The quantitative estimate of drug-likeness (QED) is 0.330. The number of halogens is 2. The Hall–Kier alpha value is -3.05. The van der Waals surface area contributed by atoms with Gasteiger partial charge in [-0.1, -0.05) is 22.0 Å². The van der Waals surface area contributed by atoms with Gasteiger partial charge in [0.05, 0.1) is 10.9 Å². The molecule has 2 aliphatic rings. The van der Waals surface area contributed by atoms with E-state index >= 15 is 0 Å². The second-order valence-corrected chi connectivity index (χ2v) is 11.1. The van der Waals surface area contributed by atoms with Crippen LogP contribution in [0.5, 0.6) is 0 Å². The summed E-state index contributed by atoms with van der Waals surface area (Å²) in [5.74, 6) is 0.843. The van der Waals surface area contributed by atoms with E-state index in [-0.39, 0.29) is 24.4 Å². The second kappa shape index (κ2) is 8.81. The number of pyridine rings is 1. The fraction of sp³-hybridized carbons (Fsp3) is 0.320. The van der Waals surface area contributed by atoms with Gasteiger partial charge in [-0.3, -0.25) is 9.59 Å². The number of nitrogens with zero attached hydrogens (tertiary/aromatic N) is 5. The van der Waals surface area contributed by atoms with E-state index in [2.05, 4.69) is 52.1 Å². The van der Waals surface area contributed by atoms with Crippen molar-refractivity contribution in [3.8, 4) is 0 Å². The highest BCUT2D eigenvalue weighted by Gasteiger charge is 2.51. The fourth-order valence-electron chi connectivity index (χ4n) is 5.54. The van der Waals surface area contributed by atoms with Crippen molar-refractivity contribution in [2.75, 3.05) is 11.1 Å². The molecule has 0 radical (unpaired) electrons. The highest BCUT2D eigenvalue weighted by molar-refractivity contribution is 9.10. The van der Waals surface area contributed by atoms with Gasteiger partial charge in [-0.05, 0) is 77.9 Å². The Labute approximate surface area is 223 Å². The molecule has 4 heterocycles. The van der Waals surface area contributed by atoms with Crippen LogP contribution in [0.1, 0.15) is 24.8 Å². The number of carbonyl (C=O) groups is 2. The zero-order chi connectivity index (χ0) is 25.1. The molecule has 3 atom stereocenters. The number of amides is 2. The molecule has 2 amide bonds. The van der Waals surface area contributed by atoms with Crippen molar-refractivity contribution < 1.29 is 9.59 Å². The maximum absolute atomic E-state index is 13.9. The molecule has 1 saturated heterocycles. The summed E-state index contributed by atoms with van der Waals surface area (Å²) in [6, 6.07) is 8.89. The van der Waals surface area contributed by atoms with Crippen LogP contribution in [0.4, 0.5) is 11.6 Å². The highest BCUT2D eigenvalue weighted by Crippen LogP contribution is 2.44. The van der Waals surface area contributed by atoms with Crippen LogP contribution in [0, 0.1) is 12.8 Å². The van der Waals surface area contributed by atoms with Crippen LogP contribution in [-0.4, -0.2) is 48.3 Å². The van der Waals surface area contributed by atoms with E-state index in [0.29, 0.717) is 34.2 Å². The largest absolute Gasteiger partial charge is 0.383 e. The van der Waals surface area contributed by atoms with Crippen LogP contribution < -0.4 is 11.1 Å². The summed E-state index contributed by atoms with van der Waals surface area (Å²) < 4.78 is 3.47. The summed E-state index contributed by atoms with van der Waals surface area (Å²) >= 11 is 6.93. The molecule has 3 N–H and O–H groups in total. The molecule has 11 heteroatoms. The van der Waals surface area contributed by atoms with Crippen molar-refractivity contribution in [2.45, 2.75) is 44.8 Å². The molecule has 9 nitrogen and oxygen atoms in total. The van der Waals surface area contributed by atoms with Crippen LogP contribution in [0.15, 0.2) is 45.7 Å². The first kappa shape index (κ1) is 23.4. The van der Waals surface area contributed by atoms with Crippen molar-refractivity contribution in [3.05, 3.63) is 51.3 Å². The summed E-state index contributed by atoms with van der Waals surface area (Å²) in [5, 5.41) is 4.50. The van der Waals surface area contributed by atoms with E-state index in [0.717, 1.165) is 39.2 Å². The fourth-order valence-corrected chi connectivity index (χ4v) is 6.22. The van der Waals surface area contributed by atoms with Gasteiger partial charge >= 0.3 is 0 Å². The summed E-state index contributed by atoms with van der Waals surface area (Å²) in [4.78, 5) is 41.9. The first-order valence-electron chi connectivity index (χ1n) is 11.7. The number of nitrogens with two attached hydrogens (primary N) is 1. The van der Waals surface area contributed by atoms with Crippen molar-refractivity contribution in [1.82, 2.24) is 24.4 Å². The maximum atomic E-state index is 13.9. The smallest absolute Gasteiger partial charge is 0.248 e. The molecule has 3 aromatic heterocycles. The number of anilines is 2. The molecule has 0 bridgehead atoms. The summed E-state index contributed by atoms with van der Waals surface area (Å²) in [5.41, 5.74) is 8.73. The number of nitrogens with one attached hydrogen (secondary N) is 1. The third-order valence-corrected chi connectivity index (χ3v) is 8.69. The summed E-state index contributed by atoms with van der Waals surface area (Å²) in [7, 11) is 0. The molecule has 1 aliphatic heterocycles. The molecule has 1 aromatic carbocycles. The number of nitrogen functional groups attached to an aromatic ring is 1. The summed E-state index contributed by atoms with van der Waals surface area (Å²) in [6.07, 6.45) is 4.01. The lowest BCUT2D eigenvalue weighted by molar-refractivity contribution is -0.140. The molecule has 4 aromatic rings. The number of hydrogen-bond acceptors (Lipinski definition) is 6. The van der Waals surface area contributed by atoms with Crippen molar-refractivity contribution in [3.63, 3.8) is 0 Å². The Bertz CT molecular complexity index is 1550. The van der Waals surface area contributed by atoms with Crippen molar-refractivity contribution in [2.24, 2.45) is 5.92 Å². The predicted octanol–water partition coefficient (Wildman–Crippen LogP) is 4.41. The van der Waals surface area contributed by atoms with E-state index < -0.39 is 6.04 Å². The lowest BCUT2D eigenvalue weighted by Gasteiger charge is -2.37. The van der Waals surface area contributed by atoms with Crippen LogP contribution in [-0.2, 0) is 16.1 Å². The number of rotatable bonds is 4. The number of fused-ring (bicyclic) bond motifs is 4. The third kappa shape index (κ3) is 3.76. The van der Waals surface area contributed by atoms with E-state index in [4.69, 9.17) is 5.73 Å². The van der Waals surface area contributed by atoms with Gasteiger partial charge in [0.15, 0.2) is 0 Å². The standard InChI is InChI=1S/C25H23Br2N7O2/c1-12-7-17-14(9-15(12)26)22-23(28)29-11-30-24(22)33(17)10-21(35)34-16-6-5-13(16)8-18(34)25(36)32-20-4-2-3-19(27)31-20/h2-4,7,9,11,13,16,18H,5-6,8,10H2,1H3,(H2,28,29,30)(H,31,32,36)/t13-,16-,18+/m1/s1. The zero-order valence-corrected chi connectivity index (χ0v) is 22.6. The van der Waals surface area contributed by atoms with Crippen LogP contribution in [0.25, 0.3) is 21.9 Å². The monoisotopic (exact) mass is 611 g/mol. The average Bonchev–Trinajstić information content (AvgIpc) is 3.26. The first-order valence-corrected chi connectivity index (χ1v) is 13.3. The van der Waals surface area contributed by atoms with Gasteiger partial charge < -0.3 is 20.5 Å². The molecule has 0 unspecified atom stereocenters. The second-order valence-electron chi connectivity index (χ2n) is 9.45. The molecule has 6 rings (SSSR count). The lowest BCUT2D eigenvalue weighted by Crippen LogP contribution is -2.50. The Morgan fingerprint density at radius 3 is 2.78 bits per heavy atom. The molecule has 184 valence electrons. The average molecular weight is 613 g/mol. The molecule has 1 aliphatic carbocycles. The maximum Gasteiger partial charge on any atom is 0.248 e. The molecule has 36 heavy (non-hydrogen) atoms. The SMILES string of the molecule is Cc1cc2c(cc1Br)c1c(N)ncnc1n2CC(=O)N1[C@@H]2CC[C@@H]2C[C@H]1C(=O)Nc1cccc(Br)n1. The normalized spacial score (nSPS) is 21.0. The minimum absolute atomic E-state index is 0.0552. The van der Waals surface area contributed by atoms with E-state index in [1.165, 1.54) is 6.33 Å². The Kier molecular flexibility index (Phi) is 5.71. The Morgan fingerprint density at radius 2 is 2.03 bits per heavy atom. The predicted molar refractivity (Wildman–Crippen MR) is 144 cm³/mol. The van der Waals surface area contributed by atoms with Crippen LogP contribution in [0.3, 0.4) is 0 Å². The Balaban J connectivity index is 1.36. The van der Waals surface area contributed by atoms with Gasteiger partial charge in [0.2, 0.25) is 11.8 Å².